The third-order valence-corrected chi connectivity index (χ3v) is 11.8. The molecular formula is C20H36O10S9. The smallest absolute Gasteiger partial charge is 0.316 e. The first-order valence-electron chi connectivity index (χ1n) is 11.2. The summed E-state index contributed by atoms with van der Waals surface area (Å²) in [4.78, 5) is 44.9. The molecule has 0 aromatic rings. The second-order valence-electron chi connectivity index (χ2n) is 6.24. The molecule has 0 aromatic heterocycles. The number of esters is 3. The van der Waals surface area contributed by atoms with Crippen molar-refractivity contribution in [3.63, 3.8) is 0 Å². The van der Waals surface area contributed by atoms with Gasteiger partial charge in [0.2, 0.25) is 0 Å². The Labute approximate surface area is 268 Å². The van der Waals surface area contributed by atoms with E-state index in [1.54, 1.807) is 11.8 Å². The highest BCUT2D eigenvalue weighted by Crippen LogP contribution is 2.14. The molecule has 0 amide bonds. The van der Waals surface area contributed by atoms with Crippen molar-refractivity contribution in [1.29, 1.82) is 0 Å². The zero-order valence-electron chi connectivity index (χ0n) is 21.4. The van der Waals surface area contributed by atoms with Gasteiger partial charge in [-0.1, -0.05) is 11.8 Å². The topological polar surface area (TPSA) is 138 Å². The molecule has 0 aliphatic carbocycles. The van der Waals surface area contributed by atoms with Crippen molar-refractivity contribution < 1.29 is 48.6 Å². The maximum absolute atomic E-state index is 11.7. The van der Waals surface area contributed by atoms with Crippen molar-refractivity contribution in [2.45, 2.75) is 0 Å². The molecule has 230 valence electrons. The number of thioether (sulfide) groups is 9. The minimum atomic E-state index is -0.297. The van der Waals surface area contributed by atoms with Crippen LogP contribution in [0, 0.1) is 0 Å². The van der Waals surface area contributed by atoms with Crippen LogP contribution in [0.1, 0.15) is 0 Å². The zero-order valence-corrected chi connectivity index (χ0v) is 28.7. The van der Waals surface area contributed by atoms with Crippen LogP contribution in [0.3, 0.4) is 0 Å². The molecule has 0 atom stereocenters. The predicted octanol–water partition coefficient (Wildman–Crippen LogP) is 3.81. The van der Waals surface area contributed by atoms with Gasteiger partial charge in [0, 0.05) is 38.9 Å². The van der Waals surface area contributed by atoms with Gasteiger partial charge in [-0.15, -0.1) is 82.3 Å². The van der Waals surface area contributed by atoms with Crippen LogP contribution >= 0.6 is 106 Å². The number of carbonyl (C=O) groups is 3. The second-order valence-corrected chi connectivity index (χ2v) is 16.2. The third kappa shape index (κ3) is 33.8. The molecule has 0 saturated heterocycles. The zero-order chi connectivity index (χ0) is 28.7. The molecule has 0 heterocycles. The van der Waals surface area contributed by atoms with E-state index in [2.05, 4.69) is 0 Å². The fourth-order valence-electron chi connectivity index (χ4n) is 1.77. The lowest BCUT2D eigenvalue weighted by Crippen LogP contribution is -2.09. The van der Waals surface area contributed by atoms with Crippen LogP contribution in [-0.2, 0) is 38.4 Å². The van der Waals surface area contributed by atoms with Crippen LogP contribution in [0.5, 0.6) is 0 Å². The largest absolute Gasteiger partial charge is 0.454 e. The van der Waals surface area contributed by atoms with Crippen LogP contribution in [0.2, 0.25) is 0 Å². The average Bonchev–Trinajstić information content (AvgIpc) is 2.92. The number of hydrogen-bond acceptors (Lipinski definition) is 19. The third-order valence-electron chi connectivity index (χ3n) is 3.36. The Kier molecular flexibility index (Phi) is 35.1. The molecule has 0 unspecified atom stereocenters. The van der Waals surface area contributed by atoms with Gasteiger partial charge < -0.3 is 24.4 Å². The molecule has 0 spiro atoms. The fourth-order valence-corrected chi connectivity index (χ4v) is 8.16. The van der Waals surface area contributed by atoms with Crippen molar-refractivity contribution in [3.8, 4) is 0 Å². The van der Waals surface area contributed by atoms with Gasteiger partial charge in [0.1, 0.15) is 23.8 Å². The van der Waals surface area contributed by atoms with E-state index in [9.17, 15) is 14.4 Å². The number of carbonyl (C=O) groups excluding carboxylic acids is 3. The normalized spacial score (nSPS) is 10.9. The maximum atomic E-state index is 11.7. The molecule has 0 aromatic carbocycles. The summed E-state index contributed by atoms with van der Waals surface area (Å²) in [5, 5.41) is 18.6. The number of ether oxygens (including phenoxy) is 3. The molecule has 0 aliphatic rings. The number of hydrogen-bond donors (Lipinski definition) is 2. The summed E-state index contributed by atoms with van der Waals surface area (Å²) >= 11 is 13.1. The summed E-state index contributed by atoms with van der Waals surface area (Å²) in [5.41, 5.74) is 0. The number of aliphatic hydroxyl groups is 2. The van der Waals surface area contributed by atoms with E-state index in [0.717, 1.165) is 28.8 Å². The molecule has 0 rings (SSSR count). The summed E-state index contributed by atoms with van der Waals surface area (Å²) < 4.78 is 15.2. The molecule has 0 aliphatic heterocycles. The van der Waals surface area contributed by atoms with Gasteiger partial charge in [-0.25, -0.2) is 9.78 Å². The van der Waals surface area contributed by atoms with Gasteiger partial charge >= 0.3 is 17.9 Å². The Bertz CT molecular complexity index is 596. The standard InChI is InChI=1S/C20H36O10S9/c21-10-35-16-38-13-27-19(24)8-32-4-3-31-2-1-29-30-15-37-12-26-18(23)7-33-5-6-34-9-20(25)28-14-39-17-36-11-22/h21-22H,1-17H2. The van der Waals surface area contributed by atoms with E-state index in [1.807, 2.05) is 0 Å². The molecule has 0 radical (unpaired) electrons. The first-order chi connectivity index (χ1) is 19.1. The van der Waals surface area contributed by atoms with Gasteiger partial charge in [0.25, 0.3) is 0 Å². The first-order valence-corrected chi connectivity index (χ1v) is 21.6. The summed E-state index contributed by atoms with van der Waals surface area (Å²) in [7, 11) is 0. The molecule has 0 saturated carbocycles. The van der Waals surface area contributed by atoms with Crippen LogP contribution < -0.4 is 0 Å². The highest BCUT2D eigenvalue weighted by molar-refractivity contribution is 8.16. The molecule has 0 fully saturated rings. The fraction of sp³-hybridized carbons (Fsp3) is 0.850. The van der Waals surface area contributed by atoms with Crippen LogP contribution in [0.25, 0.3) is 0 Å². The van der Waals surface area contributed by atoms with E-state index in [-0.39, 0.29) is 59.1 Å². The lowest BCUT2D eigenvalue weighted by Gasteiger charge is -2.06. The van der Waals surface area contributed by atoms with E-state index < -0.39 is 0 Å². The molecule has 2 N–H and O–H groups in total. The van der Waals surface area contributed by atoms with E-state index in [4.69, 9.17) is 34.2 Å². The Morgan fingerprint density at radius 1 is 0.462 bits per heavy atom. The molecular weight excluding hydrogens is 689 g/mol. The monoisotopic (exact) mass is 724 g/mol. The Morgan fingerprint density at radius 2 is 0.897 bits per heavy atom. The minimum Gasteiger partial charge on any atom is -0.454 e. The van der Waals surface area contributed by atoms with Gasteiger partial charge in [-0.3, -0.25) is 14.4 Å². The molecule has 19 heteroatoms. The first kappa shape index (κ1) is 40.4. The van der Waals surface area contributed by atoms with Crippen molar-refractivity contribution in [2.24, 2.45) is 0 Å². The van der Waals surface area contributed by atoms with E-state index in [0.29, 0.717) is 28.5 Å². The summed E-state index contributed by atoms with van der Waals surface area (Å²) in [5.74, 6) is 5.21. The van der Waals surface area contributed by atoms with Crippen molar-refractivity contribution in [3.05, 3.63) is 0 Å². The van der Waals surface area contributed by atoms with Crippen molar-refractivity contribution in [2.75, 3.05) is 98.4 Å². The maximum Gasteiger partial charge on any atom is 0.316 e. The SMILES string of the molecule is O=C(CSCCSCC(=O)OCSCSCO)OCSCOOCCSCCSCC(=O)OCSCSCO. The second kappa shape index (κ2) is 33.9. The van der Waals surface area contributed by atoms with Crippen LogP contribution in [0.4, 0.5) is 0 Å². The summed E-state index contributed by atoms with van der Waals surface area (Å²) in [6, 6.07) is 0. The number of rotatable bonds is 30. The molecule has 10 nitrogen and oxygen atoms in total. The van der Waals surface area contributed by atoms with Gasteiger partial charge in [-0.05, 0) is 0 Å². The van der Waals surface area contributed by atoms with E-state index >= 15 is 0 Å². The summed E-state index contributed by atoms with van der Waals surface area (Å²) in [6.07, 6.45) is 0. The molecule has 39 heavy (non-hydrogen) atoms. The van der Waals surface area contributed by atoms with E-state index in [1.165, 1.54) is 94.1 Å². The predicted molar refractivity (Wildman–Crippen MR) is 176 cm³/mol. The highest BCUT2D eigenvalue weighted by atomic mass is 32.2. The van der Waals surface area contributed by atoms with Gasteiger partial charge in [-0.2, -0.15) is 11.8 Å². The van der Waals surface area contributed by atoms with Gasteiger partial charge in [0.15, 0.2) is 0 Å². The minimum absolute atomic E-state index is 0.0591. The molecule has 0 bridgehead atoms. The highest BCUT2D eigenvalue weighted by Gasteiger charge is 2.06. The van der Waals surface area contributed by atoms with Crippen LogP contribution in [0.15, 0.2) is 0 Å². The lowest BCUT2D eigenvalue weighted by atomic mass is 10.8. The lowest BCUT2D eigenvalue weighted by molar-refractivity contribution is -0.274. The Hall–Kier alpha value is 1.40. The number of aliphatic hydroxyl groups excluding tert-OH is 2. The van der Waals surface area contributed by atoms with Gasteiger partial charge in [0.05, 0.1) is 35.7 Å². The Balaban J connectivity index is 3.28. The van der Waals surface area contributed by atoms with Crippen molar-refractivity contribution >= 4 is 124 Å². The average molecular weight is 725 g/mol. The summed E-state index contributed by atoms with van der Waals surface area (Å²) in [6.45, 7) is 0.440. The Morgan fingerprint density at radius 3 is 1.36 bits per heavy atom. The van der Waals surface area contributed by atoms with Crippen molar-refractivity contribution in [1.82, 2.24) is 0 Å². The van der Waals surface area contributed by atoms with Crippen LogP contribution in [-0.4, -0.2) is 127 Å². The quantitative estimate of drug-likeness (QED) is 0.0277.